The summed E-state index contributed by atoms with van der Waals surface area (Å²) in [4.78, 5) is 6.55. The standard InChI is InChI=1S/C13H17N3S/c1-16(7-8-17-2)13-10-5-3-4-6-12(10)15-9-11(13)14/h3-6,9H,7-8,14H2,1-2H3. The Labute approximate surface area is 106 Å². The molecule has 0 bridgehead atoms. The molecule has 2 N–H and O–H groups in total. The van der Waals surface area contributed by atoms with E-state index in [0.717, 1.165) is 34.6 Å². The number of hydrogen-bond donors (Lipinski definition) is 1. The van der Waals surface area contributed by atoms with Gasteiger partial charge in [-0.2, -0.15) is 11.8 Å². The molecule has 1 aromatic carbocycles. The molecule has 4 heteroatoms. The first-order valence-electron chi connectivity index (χ1n) is 5.57. The van der Waals surface area contributed by atoms with Crippen LogP contribution in [0.5, 0.6) is 0 Å². The van der Waals surface area contributed by atoms with Gasteiger partial charge in [-0.1, -0.05) is 18.2 Å². The zero-order valence-corrected chi connectivity index (χ0v) is 11.0. The molecule has 2 rings (SSSR count). The molecular formula is C13H17N3S. The number of nitrogen functional groups attached to an aromatic ring is 1. The van der Waals surface area contributed by atoms with Crippen molar-refractivity contribution in [2.75, 3.05) is 36.2 Å². The summed E-state index contributed by atoms with van der Waals surface area (Å²) < 4.78 is 0. The summed E-state index contributed by atoms with van der Waals surface area (Å²) in [6.07, 6.45) is 3.86. The first-order chi connectivity index (χ1) is 8.24. The minimum Gasteiger partial charge on any atom is -0.396 e. The molecule has 0 aliphatic carbocycles. The second-order valence-electron chi connectivity index (χ2n) is 3.99. The average molecular weight is 247 g/mol. The van der Waals surface area contributed by atoms with Crippen molar-refractivity contribution in [3.05, 3.63) is 30.5 Å². The van der Waals surface area contributed by atoms with Crippen LogP contribution in [0.2, 0.25) is 0 Å². The number of nitrogens with two attached hydrogens (primary N) is 1. The molecule has 90 valence electrons. The van der Waals surface area contributed by atoms with Gasteiger partial charge in [0.2, 0.25) is 0 Å². The maximum atomic E-state index is 6.05. The minimum absolute atomic E-state index is 0.743. The summed E-state index contributed by atoms with van der Waals surface area (Å²) in [5.41, 5.74) is 8.87. The van der Waals surface area contributed by atoms with E-state index in [9.17, 15) is 0 Å². The zero-order valence-electron chi connectivity index (χ0n) is 10.2. The molecule has 0 unspecified atom stereocenters. The third kappa shape index (κ3) is 2.47. The number of hydrogen-bond acceptors (Lipinski definition) is 4. The lowest BCUT2D eigenvalue weighted by atomic mass is 10.1. The van der Waals surface area contributed by atoms with Crippen LogP contribution in [0.1, 0.15) is 0 Å². The molecule has 0 amide bonds. The van der Waals surface area contributed by atoms with Crippen LogP contribution < -0.4 is 10.6 Å². The van der Waals surface area contributed by atoms with Gasteiger partial charge in [0, 0.05) is 24.7 Å². The average Bonchev–Trinajstić information content (AvgIpc) is 2.35. The van der Waals surface area contributed by atoms with E-state index in [1.54, 1.807) is 6.20 Å². The molecule has 0 spiro atoms. The van der Waals surface area contributed by atoms with E-state index in [4.69, 9.17) is 5.73 Å². The second-order valence-corrected chi connectivity index (χ2v) is 4.98. The number of benzene rings is 1. The normalized spacial score (nSPS) is 10.7. The molecule has 0 saturated heterocycles. The van der Waals surface area contributed by atoms with Gasteiger partial charge in [-0.25, -0.2) is 0 Å². The molecule has 1 heterocycles. The topological polar surface area (TPSA) is 42.1 Å². The maximum absolute atomic E-state index is 6.05. The van der Waals surface area contributed by atoms with Crippen molar-refractivity contribution in [1.29, 1.82) is 0 Å². The Hall–Kier alpha value is -1.42. The summed E-state index contributed by atoms with van der Waals surface area (Å²) >= 11 is 1.84. The van der Waals surface area contributed by atoms with Crippen molar-refractivity contribution in [2.24, 2.45) is 0 Å². The van der Waals surface area contributed by atoms with Crippen LogP contribution in [-0.2, 0) is 0 Å². The third-order valence-electron chi connectivity index (χ3n) is 2.79. The molecular weight excluding hydrogens is 230 g/mol. The highest BCUT2D eigenvalue weighted by molar-refractivity contribution is 7.98. The fraction of sp³-hybridized carbons (Fsp3) is 0.308. The number of anilines is 2. The van der Waals surface area contributed by atoms with E-state index in [1.807, 2.05) is 30.0 Å². The van der Waals surface area contributed by atoms with Gasteiger partial charge in [-0.3, -0.25) is 4.98 Å². The van der Waals surface area contributed by atoms with E-state index in [2.05, 4.69) is 29.3 Å². The second kappa shape index (κ2) is 5.27. The quantitative estimate of drug-likeness (QED) is 0.902. The Kier molecular flexibility index (Phi) is 3.74. The van der Waals surface area contributed by atoms with Crippen LogP contribution >= 0.6 is 11.8 Å². The van der Waals surface area contributed by atoms with Crippen LogP contribution in [0.15, 0.2) is 30.5 Å². The van der Waals surface area contributed by atoms with Gasteiger partial charge in [0.25, 0.3) is 0 Å². The highest BCUT2D eigenvalue weighted by Gasteiger charge is 2.10. The van der Waals surface area contributed by atoms with Crippen molar-refractivity contribution in [3.63, 3.8) is 0 Å². The number of para-hydroxylation sites is 1. The van der Waals surface area contributed by atoms with E-state index < -0.39 is 0 Å². The molecule has 17 heavy (non-hydrogen) atoms. The molecule has 3 nitrogen and oxygen atoms in total. The Bertz CT molecular complexity index is 513. The highest BCUT2D eigenvalue weighted by Crippen LogP contribution is 2.30. The zero-order chi connectivity index (χ0) is 12.3. The van der Waals surface area contributed by atoms with E-state index >= 15 is 0 Å². The largest absolute Gasteiger partial charge is 0.396 e. The summed E-state index contributed by atoms with van der Waals surface area (Å²) in [6.45, 7) is 0.985. The fourth-order valence-corrected chi connectivity index (χ4v) is 2.36. The molecule has 1 aromatic heterocycles. The summed E-state index contributed by atoms with van der Waals surface area (Å²) in [6, 6.07) is 8.11. The molecule has 0 atom stereocenters. The van der Waals surface area contributed by atoms with Gasteiger partial charge >= 0.3 is 0 Å². The molecule has 2 aromatic rings. The first-order valence-corrected chi connectivity index (χ1v) is 6.96. The lowest BCUT2D eigenvalue weighted by molar-refractivity contribution is 0.984. The lowest BCUT2D eigenvalue weighted by Gasteiger charge is -2.22. The summed E-state index contributed by atoms with van der Waals surface area (Å²) in [5, 5.41) is 1.12. The van der Waals surface area contributed by atoms with Crippen molar-refractivity contribution >= 4 is 34.0 Å². The Balaban J connectivity index is 2.47. The minimum atomic E-state index is 0.743. The van der Waals surface area contributed by atoms with Crippen molar-refractivity contribution in [2.45, 2.75) is 0 Å². The molecule has 0 aliphatic rings. The predicted molar refractivity (Wildman–Crippen MR) is 77.8 cm³/mol. The number of thioether (sulfide) groups is 1. The number of pyridine rings is 1. The smallest absolute Gasteiger partial charge is 0.0745 e. The van der Waals surface area contributed by atoms with Crippen LogP contribution in [0.25, 0.3) is 10.9 Å². The molecule has 0 fully saturated rings. The van der Waals surface area contributed by atoms with E-state index in [1.165, 1.54) is 0 Å². The molecule has 0 saturated carbocycles. The van der Waals surface area contributed by atoms with Gasteiger partial charge in [-0.15, -0.1) is 0 Å². The van der Waals surface area contributed by atoms with Crippen LogP contribution in [0, 0.1) is 0 Å². The number of aromatic nitrogens is 1. The summed E-state index contributed by atoms with van der Waals surface area (Å²) in [7, 11) is 2.08. The van der Waals surface area contributed by atoms with E-state index in [0.29, 0.717) is 0 Å². The van der Waals surface area contributed by atoms with Crippen molar-refractivity contribution in [1.82, 2.24) is 4.98 Å². The van der Waals surface area contributed by atoms with Crippen LogP contribution in [0.4, 0.5) is 11.4 Å². The number of nitrogens with zero attached hydrogens (tertiary/aromatic N) is 2. The highest BCUT2D eigenvalue weighted by atomic mass is 32.2. The monoisotopic (exact) mass is 247 g/mol. The van der Waals surface area contributed by atoms with Crippen molar-refractivity contribution < 1.29 is 0 Å². The van der Waals surface area contributed by atoms with Crippen LogP contribution in [-0.4, -0.2) is 30.6 Å². The van der Waals surface area contributed by atoms with Gasteiger partial charge < -0.3 is 10.6 Å². The van der Waals surface area contributed by atoms with Crippen LogP contribution in [0.3, 0.4) is 0 Å². The number of fused-ring (bicyclic) bond motifs is 1. The predicted octanol–water partition coefficient (Wildman–Crippen LogP) is 2.62. The van der Waals surface area contributed by atoms with Gasteiger partial charge in [0.05, 0.1) is 23.1 Å². The number of rotatable bonds is 4. The lowest BCUT2D eigenvalue weighted by Crippen LogP contribution is -2.21. The maximum Gasteiger partial charge on any atom is 0.0745 e. The van der Waals surface area contributed by atoms with Gasteiger partial charge in [0.1, 0.15) is 0 Å². The Morgan fingerprint density at radius 2 is 2.12 bits per heavy atom. The van der Waals surface area contributed by atoms with Gasteiger partial charge in [-0.05, 0) is 12.3 Å². The van der Waals surface area contributed by atoms with Gasteiger partial charge in [0.15, 0.2) is 0 Å². The molecule has 0 aliphatic heterocycles. The Morgan fingerprint density at radius 3 is 2.88 bits per heavy atom. The summed E-state index contributed by atoms with van der Waals surface area (Å²) in [5.74, 6) is 1.09. The Morgan fingerprint density at radius 1 is 1.35 bits per heavy atom. The first kappa shape index (κ1) is 12.0. The van der Waals surface area contributed by atoms with E-state index in [-0.39, 0.29) is 0 Å². The molecule has 0 radical (unpaired) electrons. The van der Waals surface area contributed by atoms with Crippen molar-refractivity contribution in [3.8, 4) is 0 Å². The SMILES string of the molecule is CSCCN(C)c1c(N)cnc2ccccc12. The third-order valence-corrected chi connectivity index (χ3v) is 3.38. The fourth-order valence-electron chi connectivity index (χ4n) is 1.91.